The minimum atomic E-state index is -0.192. The van der Waals surface area contributed by atoms with Gasteiger partial charge in [0, 0.05) is 17.4 Å². The molecule has 2 heteroatoms. The Morgan fingerprint density at radius 1 is 1.28 bits per heavy atom. The number of rotatable bonds is 0. The summed E-state index contributed by atoms with van der Waals surface area (Å²) >= 11 is 0. The van der Waals surface area contributed by atoms with Crippen LogP contribution in [-0.4, -0.2) is 11.9 Å². The highest BCUT2D eigenvalue weighted by molar-refractivity contribution is 5.97. The second kappa shape index (κ2) is 3.47. The number of benzene rings is 1. The molecule has 0 aromatic heterocycles. The number of hydrogen-bond donors (Lipinski definition) is 0. The molecule has 0 N–H and O–H groups in total. The van der Waals surface area contributed by atoms with Crippen molar-refractivity contribution in [2.24, 2.45) is 0 Å². The van der Waals surface area contributed by atoms with Crippen molar-refractivity contribution in [3.8, 4) is 5.75 Å². The molecule has 2 atom stereocenters. The van der Waals surface area contributed by atoms with Crippen LogP contribution < -0.4 is 4.74 Å². The molecule has 0 spiro atoms. The number of fused-ring (bicyclic) bond motifs is 3. The molecule has 3 rings (SSSR count). The van der Waals surface area contributed by atoms with Crippen molar-refractivity contribution in [2.45, 2.75) is 45.6 Å². The topological polar surface area (TPSA) is 26.3 Å². The Hall–Kier alpha value is -1.57. The second-order valence-electron chi connectivity index (χ2n) is 5.86. The zero-order valence-corrected chi connectivity index (χ0v) is 11.3. The Kier molecular flexibility index (Phi) is 2.22. The van der Waals surface area contributed by atoms with E-state index in [0.29, 0.717) is 6.42 Å². The van der Waals surface area contributed by atoms with Crippen molar-refractivity contribution in [3.05, 3.63) is 40.5 Å². The molecule has 0 fully saturated rings. The molecule has 1 aliphatic carbocycles. The first-order valence-electron chi connectivity index (χ1n) is 6.42. The van der Waals surface area contributed by atoms with Gasteiger partial charge < -0.3 is 4.74 Å². The molecule has 1 aromatic carbocycles. The van der Waals surface area contributed by atoms with Crippen LogP contribution in [0.4, 0.5) is 0 Å². The van der Waals surface area contributed by atoms with Crippen molar-refractivity contribution < 1.29 is 9.53 Å². The van der Waals surface area contributed by atoms with Crippen molar-refractivity contribution in [1.82, 2.24) is 0 Å². The highest BCUT2D eigenvalue weighted by Gasteiger charge is 2.48. The average Bonchev–Trinajstić information content (AvgIpc) is 2.54. The summed E-state index contributed by atoms with van der Waals surface area (Å²) in [6.45, 7) is 8.19. The Bertz CT molecular complexity index is 583. The van der Waals surface area contributed by atoms with Crippen LogP contribution in [0.1, 0.15) is 37.0 Å². The SMILES string of the molecule is CC1=C[C@@H]2Oc3c(C)cc(C)cc3[C@]2(C)CC1=O. The van der Waals surface area contributed by atoms with Crippen molar-refractivity contribution in [2.75, 3.05) is 0 Å². The maximum Gasteiger partial charge on any atom is 0.159 e. The van der Waals surface area contributed by atoms with Crippen molar-refractivity contribution in [1.29, 1.82) is 0 Å². The average molecular weight is 242 g/mol. The number of ketones is 1. The van der Waals surface area contributed by atoms with Gasteiger partial charge in [0.1, 0.15) is 11.9 Å². The highest BCUT2D eigenvalue weighted by Crippen LogP contribution is 2.49. The lowest BCUT2D eigenvalue weighted by Crippen LogP contribution is -2.39. The molecule has 2 nitrogen and oxygen atoms in total. The predicted molar refractivity (Wildman–Crippen MR) is 71.1 cm³/mol. The molecule has 0 saturated carbocycles. The quantitative estimate of drug-likeness (QED) is 0.698. The molecule has 0 radical (unpaired) electrons. The molecule has 0 bridgehead atoms. The third kappa shape index (κ3) is 1.38. The molecule has 0 unspecified atom stereocenters. The highest BCUT2D eigenvalue weighted by atomic mass is 16.5. The molecule has 1 aromatic rings. The summed E-state index contributed by atoms with van der Waals surface area (Å²) in [5.41, 5.74) is 4.24. The summed E-state index contributed by atoms with van der Waals surface area (Å²) in [6, 6.07) is 4.31. The van der Waals surface area contributed by atoms with E-state index < -0.39 is 0 Å². The predicted octanol–water partition coefficient (Wildman–Crippen LogP) is 3.24. The van der Waals surface area contributed by atoms with Gasteiger partial charge in [0.15, 0.2) is 5.78 Å². The van der Waals surface area contributed by atoms with E-state index in [1.807, 2.05) is 13.0 Å². The van der Waals surface area contributed by atoms with Crippen molar-refractivity contribution >= 4 is 5.78 Å². The Morgan fingerprint density at radius 2 is 2.00 bits per heavy atom. The number of carbonyl (C=O) groups excluding carboxylic acids is 1. The number of hydrogen-bond acceptors (Lipinski definition) is 2. The summed E-state index contributed by atoms with van der Waals surface area (Å²) in [5, 5.41) is 0. The Balaban J connectivity index is 2.21. The van der Waals surface area contributed by atoms with Crippen LogP contribution in [0.5, 0.6) is 5.75 Å². The van der Waals surface area contributed by atoms with E-state index in [4.69, 9.17) is 4.74 Å². The van der Waals surface area contributed by atoms with E-state index in [2.05, 4.69) is 32.9 Å². The lowest BCUT2D eigenvalue weighted by molar-refractivity contribution is -0.117. The van der Waals surface area contributed by atoms with Gasteiger partial charge in [-0.3, -0.25) is 4.79 Å². The Morgan fingerprint density at radius 3 is 2.72 bits per heavy atom. The third-order valence-electron chi connectivity index (χ3n) is 4.28. The van der Waals surface area contributed by atoms with Crippen LogP contribution in [0, 0.1) is 13.8 Å². The van der Waals surface area contributed by atoms with Gasteiger partial charge in [0.2, 0.25) is 0 Å². The van der Waals surface area contributed by atoms with Gasteiger partial charge >= 0.3 is 0 Å². The Labute approximate surface area is 108 Å². The lowest BCUT2D eigenvalue weighted by Gasteiger charge is -2.32. The molecular weight excluding hydrogens is 224 g/mol. The second-order valence-corrected chi connectivity index (χ2v) is 5.86. The molecule has 18 heavy (non-hydrogen) atoms. The lowest BCUT2D eigenvalue weighted by atomic mass is 9.70. The summed E-state index contributed by atoms with van der Waals surface area (Å²) < 4.78 is 6.09. The summed E-state index contributed by atoms with van der Waals surface area (Å²) in [6.07, 6.45) is 2.54. The van der Waals surface area contributed by atoms with Gasteiger partial charge in [0.05, 0.1) is 0 Å². The van der Waals surface area contributed by atoms with Crippen LogP contribution in [0.3, 0.4) is 0 Å². The minimum absolute atomic E-state index is 0.00528. The minimum Gasteiger partial charge on any atom is -0.485 e. The summed E-state index contributed by atoms with van der Waals surface area (Å²) in [4.78, 5) is 12.0. The first-order chi connectivity index (χ1) is 8.41. The third-order valence-corrected chi connectivity index (χ3v) is 4.28. The number of ether oxygens (including phenoxy) is 1. The number of carbonyl (C=O) groups is 1. The summed E-state index contributed by atoms with van der Waals surface area (Å²) in [5.74, 6) is 1.22. The van der Waals surface area contributed by atoms with E-state index in [-0.39, 0.29) is 17.3 Å². The summed E-state index contributed by atoms with van der Waals surface area (Å²) in [7, 11) is 0. The van der Waals surface area contributed by atoms with E-state index in [0.717, 1.165) is 11.3 Å². The van der Waals surface area contributed by atoms with Crippen LogP contribution in [0.25, 0.3) is 0 Å². The normalized spacial score (nSPS) is 29.4. The van der Waals surface area contributed by atoms with Crippen LogP contribution in [-0.2, 0) is 10.2 Å². The van der Waals surface area contributed by atoms with Crippen LogP contribution in [0.15, 0.2) is 23.8 Å². The van der Waals surface area contributed by atoms with Crippen LogP contribution >= 0.6 is 0 Å². The first-order valence-corrected chi connectivity index (χ1v) is 6.42. The van der Waals surface area contributed by atoms with Gasteiger partial charge in [-0.15, -0.1) is 0 Å². The fourth-order valence-electron chi connectivity index (χ4n) is 3.15. The fraction of sp³-hybridized carbons (Fsp3) is 0.438. The van der Waals surface area contributed by atoms with Gasteiger partial charge in [-0.2, -0.15) is 0 Å². The number of Topliss-reactive ketones (excluding diaryl/α,β-unsaturated/α-hetero) is 1. The fourth-order valence-corrected chi connectivity index (χ4v) is 3.15. The van der Waals surface area contributed by atoms with E-state index >= 15 is 0 Å². The van der Waals surface area contributed by atoms with Gasteiger partial charge in [0.25, 0.3) is 0 Å². The zero-order chi connectivity index (χ0) is 13.1. The van der Waals surface area contributed by atoms with Crippen LogP contribution in [0.2, 0.25) is 0 Å². The zero-order valence-electron chi connectivity index (χ0n) is 11.3. The van der Waals surface area contributed by atoms with E-state index in [1.165, 1.54) is 16.7 Å². The number of aryl methyl sites for hydroxylation is 2. The van der Waals surface area contributed by atoms with Crippen molar-refractivity contribution in [3.63, 3.8) is 0 Å². The maximum absolute atomic E-state index is 12.0. The smallest absolute Gasteiger partial charge is 0.159 e. The van der Waals surface area contributed by atoms with Gasteiger partial charge in [-0.1, -0.05) is 24.6 Å². The molecule has 0 saturated heterocycles. The monoisotopic (exact) mass is 242 g/mol. The molecule has 0 amide bonds. The standard InChI is InChI=1S/C16H18O2/c1-9-5-11(3)15-12(6-9)16(4)8-13(17)10(2)7-14(16)18-15/h5-7,14H,8H2,1-4H3/t14-,16-/m0/s1. The van der Waals surface area contributed by atoms with E-state index in [9.17, 15) is 4.79 Å². The molecule has 2 aliphatic rings. The van der Waals surface area contributed by atoms with E-state index in [1.54, 1.807) is 0 Å². The molecular formula is C16H18O2. The maximum atomic E-state index is 12.0. The molecule has 94 valence electrons. The number of allylic oxidation sites excluding steroid dienone is 1. The first kappa shape index (κ1) is 11.5. The largest absolute Gasteiger partial charge is 0.485 e. The molecule has 1 aliphatic heterocycles. The molecule has 1 heterocycles. The van der Waals surface area contributed by atoms with Gasteiger partial charge in [-0.25, -0.2) is 0 Å². The van der Waals surface area contributed by atoms with Gasteiger partial charge in [-0.05, 0) is 38.0 Å².